The number of alkyl carbamates (subject to hydrolysis) is 2. The van der Waals surface area contributed by atoms with Crippen LogP contribution in [-0.2, 0) is 9.47 Å². The zero-order valence-electron chi connectivity index (χ0n) is 23.9. The molecule has 0 unspecified atom stereocenters. The van der Waals surface area contributed by atoms with Crippen molar-refractivity contribution in [2.45, 2.75) is 71.6 Å². The van der Waals surface area contributed by atoms with Gasteiger partial charge in [0.1, 0.15) is 11.2 Å². The second kappa shape index (κ2) is 14.9. The van der Waals surface area contributed by atoms with Crippen LogP contribution in [0.15, 0.2) is 0 Å². The van der Waals surface area contributed by atoms with E-state index in [0.717, 1.165) is 62.3 Å². The van der Waals surface area contributed by atoms with E-state index in [0.29, 0.717) is 32.2 Å². The van der Waals surface area contributed by atoms with Crippen molar-refractivity contribution >= 4 is 46.8 Å². The van der Waals surface area contributed by atoms with Crippen molar-refractivity contribution in [1.29, 1.82) is 0 Å². The first kappa shape index (κ1) is 32.1. The Balaban J connectivity index is 1.57. The molecule has 0 radical (unpaired) electrons. The molecule has 0 aromatic carbocycles. The fourth-order valence-corrected chi connectivity index (χ4v) is 4.81. The van der Waals surface area contributed by atoms with Crippen molar-refractivity contribution in [2.24, 2.45) is 0 Å². The Kier molecular flexibility index (Phi) is 12.6. The molecule has 0 saturated carbocycles. The van der Waals surface area contributed by atoms with Gasteiger partial charge in [0.2, 0.25) is 0 Å². The first-order valence-electron chi connectivity index (χ1n) is 13.5. The van der Waals surface area contributed by atoms with E-state index in [-0.39, 0.29) is 0 Å². The Labute approximate surface area is 238 Å². The Morgan fingerprint density at radius 2 is 1.03 bits per heavy atom. The maximum atomic E-state index is 11.7. The molecular formula is C25H47N7O4S2. The number of piperidine rings is 1. The second-order valence-corrected chi connectivity index (χ2v) is 12.3. The molecule has 0 bridgehead atoms. The number of thiocarbonyl (C=S) groups is 2. The number of piperazine rings is 1. The van der Waals surface area contributed by atoms with Crippen LogP contribution in [0, 0.1) is 0 Å². The lowest BCUT2D eigenvalue weighted by atomic mass is 10.0. The van der Waals surface area contributed by atoms with E-state index in [1.165, 1.54) is 0 Å². The predicted molar refractivity (Wildman–Crippen MR) is 157 cm³/mol. The second-order valence-electron chi connectivity index (χ2n) is 11.6. The summed E-state index contributed by atoms with van der Waals surface area (Å²) in [4.78, 5) is 30.4. The molecule has 2 amide bonds. The summed E-state index contributed by atoms with van der Waals surface area (Å²) < 4.78 is 10.5. The molecule has 0 spiro atoms. The SMILES string of the molecule is CC(C)(C)OC(=O)NCCNC(=S)N1CCC(N2CCN(C(=S)NCCNC(=O)OC(C)(C)C)CC2)CC1. The van der Waals surface area contributed by atoms with Crippen molar-refractivity contribution in [3.63, 3.8) is 0 Å². The predicted octanol–water partition coefficient (Wildman–Crippen LogP) is 1.87. The van der Waals surface area contributed by atoms with Crippen LogP contribution in [0.4, 0.5) is 9.59 Å². The number of nitrogens with zero attached hydrogens (tertiary/aromatic N) is 3. The van der Waals surface area contributed by atoms with E-state index >= 15 is 0 Å². The molecule has 2 saturated heterocycles. The highest BCUT2D eigenvalue weighted by atomic mass is 32.1. The van der Waals surface area contributed by atoms with Gasteiger partial charge >= 0.3 is 12.2 Å². The number of carbonyl (C=O) groups is 2. The van der Waals surface area contributed by atoms with Crippen molar-refractivity contribution in [3.05, 3.63) is 0 Å². The van der Waals surface area contributed by atoms with Gasteiger partial charge in [-0.3, -0.25) is 4.90 Å². The number of hydrogen-bond donors (Lipinski definition) is 4. The Hall–Kier alpha value is -2.12. The minimum absolute atomic E-state index is 0.419. The number of likely N-dealkylation sites (tertiary alicyclic amines) is 1. The molecule has 4 N–H and O–H groups in total. The molecule has 13 heteroatoms. The highest BCUT2D eigenvalue weighted by molar-refractivity contribution is 7.80. The lowest BCUT2D eigenvalue weighted by molar-refractivity contribution is 0.0517. The third kappa shape index (κ3) is 12.6. The lowest BCUT2D eigenvalue weighted by Crippen LogP contribution is -2.57. The number of carbonyl (C=O) groups excluding carboxylic acids is 2. The van der Waals surface area contributed by atoms with E-state index in [1.54, 1.807) is 0 Å². The van der Waals surface area contributed by atoms with Gasteiger partial charge in [-0.05, 0) is 78.8 Å². The van der Waals surface area contributed by atoms with Crippen LogP contribution in [0.5, 0.6) is 0 Å². The van der Waals surface area contributed by atoms with Gasteiger partial charge < -0.3 is 40.5 Å². The van der Waals surface area contributed by atoms with E-state index < -0.39 is 23.4 Å². The van der Waals surface area contributed by atoms with Crippen molar-refractivity contribution in [1.82, 2.24) is 36.0 Å². The van der Waals surface area contributed by atoms with Gasteiger partial charge in [-0.1, -0.05) is 0 Å². The average Bonchev–Trinajstić information content (AvgIpc) is 2.82. The Morgan fingerprint density at radius 3 is 1.42 bits per heavy atom. The normalized spacial score (nSPS) is 17.4. The van der Waals surface area contributed by atoms with Gasteiger partial charge in [-0.25, -0.2) is 9.59 Å². The largest absolute Gasteiger partial charge is 0.444 e. The summed E-state index contributed by atoms with van der Waals surface area (Å²) >= 11 is 11.1. The molecule has 2 heterocycles. The summed E-state index contributed by atoms with van der Waals surface area (Å²) in [7, 11) is 0. The number of rotatable bonds is 7. The molecule has 0 aromatic heterocycles. The van der Waals surface area contributed by atoms with Crippen LogP contribution in [0.25, 0.3) is 0 Å². The van der Waals surface area contributed by atoms with Crippen LogP contribution in [-0.4, -0.2) is 120 Å². The highest BCUT2D eigenvalue weighted by Gasteiger charge is 2.29. The topological polar surface area (TPSA) is 110 Å². The fraction of sp³-hybridized carbons (Fsp3) is 0.840. The van der Waals surface area contributed by atoms with Crippen molar-refractivity contribution in [3.8, 4) is 0 Å². The summed E-state index contributed by atoms with van der Waals surface area (Å²) in [5.41, 5.74) is -1.01. The standard InChI is InChI=1S/C25H47N7O4S2/c1-24(2,3)35-22(33)28-11-9-26-20(37)31-13-7-19(8-14-31)30-15-17-32(18-16-30)21(38)27-10-12-29-23(34)36-25(4,5)6/h19H,7-18H2,1-6H3,(H,26,37)(H,27,38)(H,28,33)(H,29,34). The van der Waals surface area contributed by atoms with Crippen LogP contribution < -0.4 is 21.3 Å². The minimum Gasteiger partial charge on any atom is -0.444 e. The third-order valence-electron chi connectivity index (χ3n) is 6.01. The molecule has 0 aliphatic carbocycles. The highest BCUT2D eigenvalue weighted by Crippen LogP contribution is 2.18. The summed E-state index contributed by atoms with van der Waals surface area (Å²) in [5, 5.41) is 13.4. The zero-order chi connectivity index (χ0) is 28.3. The van der Waals surface area contributed by atoms with Crippen LogP contribution in [0.1, 0.15) is 54.4 Å². The quantitative estimate of drug-likeness (QED) is 0.265. The van der Waals surface area contributed by atoms with E-state index in [4.69, 9.17) is 33.9 Å². The Bertz CT molecular complexity index is 735. The van der Waals surface area contributed by atoms with Gasteiger partial charge in [0, 0.05) is 71.5 Å². The van der Waals surface area contributed by atoms with Gasteiger partial charge in [0.25, 0.3) is 0 Å². The molecule has 11 nitrogen and oxygen atoms in total. The van der Waals surface area contributed by atoms with Crippen molar-refractivity contribution in [2.75, 3.05) is 65.4 Å². The van der Waals surface area contributed by atoms with Crippen LogP contribution in [0.3, 0.4) is 0 Å². The molecule has 2 fully saturated rings. The first-order chi connectivity index (χ1) is 17.7. The summed E-state index contributed by atoms with van der Waals surface area (Å²) in [5.74, 6) is 0. The van der Waals surface area contributed by atoms with Gasteiger partial charge in [-0.2, -0.15) is 0 Å². The number of hydrogen-bond acceptors (Lipinski definition) is 7. The maximum Gasteiger partial charge on any atom is 0.407 e. The van der Waals surface area contributed by atoms with Gasteiger partial charge in [-0.15, -0.1) is 0 Å². The molecular weight excluding hydrogens is 526 g/mol. The molecule has 0 atom stereocenters. The average molecular weight is 574 g/mol. The minimum atomic E-state index is -0.506. The Morgan fingerprint density at radius 1 is 0.658 bits per heavy atom. The molecule has 2 aliphatic heterocycles. The summed E-state index contributed by atoms with van der Waals surface area (Å²) in [6, 6.07) is 0.546. The van der Waals surface area contributed by atoms with Crippen LogP contribution in [0.2, 0.25) is 0 Å². The maximum absolute atomic E-state index is 11.7. The molecule has 38 heavy (non-hydrogen) atoms. The van der Waals surface area contributed by atoms with Crippen LogP contribution >= 0.6 is 24.4 Å². The zero-order valence-corrected chi connectivity index (χ0v) is 25.5. The van der Waals surface area contributed by atoms with E-state index in [2.05, 4.69) is 36.0 Å². The molecule has 2 aliphatic rings. The van der Waals surface area contributed by atoms with Crippen molar-refractivity contribution < 1.29 is 19.1 Å². The van der Waals surface area contributed by atoms with E-state index in [9.17, 15) is 9.59 Å². The molecule has 0 aromatic rings. The fourth-order valence-electron chi connectivity index (χ4n) is 4.24. The monoisotopic (exact) mass is 573 g/mol. The number of nitrogens with one attached hydrogen (secondary N) is 4. The van der Waals surface area contributed by atoms with Gasteiger partial charge in [0.15, 0.2) is 10.2 Å². The smallest absolute Gasteiger partial charge is 0.407 e. The van der Waals surface area contributed by atoms with E-state index in [1.807, 2.05) is 41.5 Å². The third-order valence-corrected chi connectivity index (χ3v) is 6.81. The molecule has 218 valence electrons. The number of ether oxygens (including phenoxy) is 2. The van der Waals surface area contributed by atoms with Gasteiger partial charge in [0.05, 0.1) is 0 Å². The summed E-state index contributed by atoms with van der Waals surface area (Å²) in [6.45, 7) is 18.6. The number of amides is 2. The molecule has 2 rings (SSSR count). The lowest BCUT2D eigenvalue weighted by Gasteiger charge is -2.43. The first-order valence-corrected chi connectivity index (χ1v) is 14.3. The summed E-state index contributed by atoms with van der Waals surface area (Å²) in [6.07, 6.45) is 1.29.